The number of benzene rings is 2. The predicted octanol–water partition coefficient (Wildman–Crippen LogP) is 5.12. The molecule has 3 rings (SSSR count). The van der Waals surface area contributed by atoms with Gasteiger partial charge in [-0.15, -0.1) is 11.3 Å². The first kappa shape index (κ1) is 17.4. The minimum Gasteiger partial charge on any atom is -0.366 e. The fourth-order valence-electron chi connectivity index (χ4n) is 2.57. The summed E-state index contributed by atoms with van der Waals surface area (Å²) in [6.07, 6.45) is 1.73. The van der Waals surface area contributed by atoms with E-state index < -0.39 is 0 Å². The van der Waals surface area contributed by atoms with Crippen LogP contribution in [0.1, 0.15) is 12.5 Å². The second-order valence-electron chi connectivity index (χ2n) is 5.95. The van der Waals surface area contributed by atoms with Crippen molar-refractivity contribution in [3.63, 3.8) is 0 Å². The van der Waals surface area contributed by atoms with E-state index in [-0.39, 0.29) is 5.82 Å². The van der Waals surface area contributed by atoms with Crippen molar-refractivity contribution < 1.29 is 4.39 Å². The fraction of sp³-hybridized carbons (Fsp3) is 0.263. The maximum Gasteiger partial charge on any atom is 0.127 e. The molecule has 0 saturated heterocycles. The lowest BCUT2D eigenvalue weighted by atomic mass is 10.1. The van der Waals surface area contributed by atoms with Crippen LogP contribution in [0.3, 0.4) is 0 Å². The van der Waals surface area contributed by atoms with Gasteiger partial charge in [0.1, 0.15) is 5.82 Å². The number of rotatable bonds is 5. The standard InChI is InChI=1S/C19H21FN4S/c1-5-23(3)11-21-17-8-14(20)9-18(13(17)2)24(4)15-6-7-16-19(10-15)25-12-22-16/h6-12H,5H2,1-4H3. The molecule has 4 nitrogen and oxygen atoms in total. The Hall–Kier alpha value is -2.47. The topological polar surface area (TPSA) is 31.7 Å². The van der Waals surface area contributed by atoms with Gasteiger partial charge in [-0.3, -0.25) is 0 Å². The van der Waals surface area contributed by atoms with E-state index in [1.807, 2.05) is 55.4 Å². The Labute approximate surface area is 151 Å². The smallest absolute Gasteiger partial charge is 0.127 e. The molecule has 0 unspecified atom stereocenters. The van der Waals surface area contributed by atoms with Crippen molar-refractivity contribution in [2.75, 3.05) is 25.5 Å². The van der Waals surface area contributed by atoms with Crippen molar-refractivity contribution in [2.45, 2.75) is 13.8 Å². The highest BCUT2D eigenvalue weighted by Crippen LogP contribution is 2.35. The van der Waals surface area contributed by atoms with E-state index in [4.69, 9.17) is 0 Å². The molecule has 130 valence electrons. The van der Waals surface area contributed by atoms with Gasteiger partial charge in [-0.05, 0) is 49.7 Å². The zero-order valence-electron chi connectivity index (χ0n) is 14.8. The van der Waals surface area contributed by atoms with Gasteiger partial charge in [-0.1, -0.05) is 0 Å². The number of aliphatic imine (C=N–C) groups is 1. The first-order valence-corrected chi connectivity index (χ1v) is 8.99. The first-order chi connectivity index (χ1) is 12.0. The summed E-state index contributed by atoms with van der Waals surface area (Å²) >= 11 is 1.60. The molecule has 0 spiro atoms. The van der Waals surface area contributed by atoms with Crippen LogP contribution in [0.2, 0.25) is 0 Å². The normalized spacial score (nSPS) is 11.4. The summed E-state index contributed by atoms with van der Waals surface area (Å²) in [5.41, 5.74) is 6.18. The Morgan fingerprint density at radius 1 is 1.24 bits per heavy atom. The number of nitrogens with zero attached hydrogens (tertiary/aromatic N) is 4. The molecule has 0 aliphatic rings. The van der Waals surface area contributed by atoms with E-state index in [0.29, 0.717) is 5.69 Å². The third-order valence-electron chi connectivity index (χ3n) is 4.27. The van der Waals surface area contributed by atoms with Crippen LogP contribution in [0.25, 0.3) is 10.2 Å². The van der Waals surface area contributed by atoms with Crippen molar-refractivity contribution >= 4 is 45.0 Å². The van der Waals surface area contributed by atoms with Crippen molar-refractivity contribution in [1.29, 1.82) is 0 Å². The van der Waals surface area contributed by atoms with Gasteiger partial charge < -0.3 is 9.80 Å². The molecule has 0 N–H and O–H groups in total. The Balaban J connectivity index is 2.00. The highest BCUT2D eigenvalue weighted by Gasteiger charge is 2.13. The van der Waals surface area contributed by atoms with E-state index in [0.717, 1.165) is 33.7 Å². The van der Waals surface area contributed by atoms with Crippen molar-refractivity contribution in [3.05, 3.63) is 47.2 Å². The number of hydrogen-bond acceptors (Lipinski definition) is 4. The quantitative estimate of drug-likeness (QED) is 0.469. The number of aromatic nitrogens is 1. The lowest BCUT2D eigenvalue weighted by Crippen LogP contribution is -2.14. The Kier molecular flexibility index (Phi) is 4.99. The molecule has 2 aromatic carbocycles. The SMILES string of the molecule is CCN(C)C=Nc1cc(F)cc(N(C)c2ccc3ncsc3c2)c1C. The molecule has 25 heavy (non-hydrogen) atoms. The maximum atomic E-state index is 14.2. The van der Waals surface area contributed by atoms with Crippen LogP contribution in [-0.2, 0) is 0 Å². The van der Waals surface area contributed by atoms with Crippen molar-refractivity contribution in [3.8, 4) is 0 Å². The Morgan fingerprint density at radius 2 is 2.04 bits per heavy atom. The van der Waals surface area contributed by atoms with Crippen LogP contribution in [0.15, 0.2) is 40.8 Å². The molecule has 0 bridgehead atoms. The molecule has 0 amide bonds. The molecule has 0 fully saturated rings. The molecule has 0 radical (unpaired) electrons. The summed E-state index contributed by atoms with van der Waals surface area (Å²) in [5.74, 6) is -0.294. The summed E-state index contributed by atoms with van der Waals surface area (Å²) in [7, 11) is 3.88. The average molecular weight is 356 g/mol. The van der Waals surface area contributed by atoms with Gasteiger partial charge in [0.2, 0.25) is 0 Å². The second-order valence-corrected chi connectivity index (χ2v) is 6.84. The first-order valence-electron chi connectivity index (χ1n) is 8.11. The summed E-state index contributed by atoms with van der Waals surface area (Å²) < 4.78 is 15.3. The minimum atomic E-state index is -0.294. The molecule has 1 aromatic heterocycles. The number of anilines is 2. The van der Waals surface area contributed by atoms with Crippen molar-refractivity contribution in [1.82, 2.24) is 9.88 Å². The molecular formula is C19H21FN4S. The van der Waals surface area contributed by atoms with Gasteiger partial charge in [0.05, 0.1) is 27.8 Å². The largest absolute Gasteiger partial charge is 0.366 e. The molecule has 0 aliphatic carbocycles. The summed E-state index contributed by atoms with van der Waals surface area (Å²) in [5, 5.41) is 0. The summed E-state index contributed by atoms with van der Waals surface area (Å²) in [6, 6.07) is 9.08. The van der Waals surface area contributed by atoms with E-state index in [2.05, 4.69) is 16.0 Å². The molecule has 0 atom stereocenters. The zero-order chi connectivity index (χ0) is 18.0. The van der Waals surface area contributed by atoms with Gasteiger partial charge in [0.15, 0.2) is 0 Å². The van der Waals surface area contributed by atoms with Gasteiger partial charge in [-0.25, -0.2) is 14.4 Å². The van der Waals surface area contributed by atoms with Crippen LogP contribution >= 0.6 is 11.3 Å². The monoisotopic (exact) mass is 356 g/mol. The summed E-state index contributed by atoms with van der Waals surface area (Å²) in [4.78, 5) is 12.7. The zero-order valence-corrected chi connectivity index (χ0v) is 15.6. The highest BCUT2D eigenvalue weighted by molar-refractivity contribution is 7.16. The minimum absolute atomic E-state index is 0.294. The van der Waals surface area contributed by atoms with E-state index in [1.54, 1.807) is 23.7 Å². The van der Waals surface area contributed by atoms with Gasteiger partial charge in [-0.2, -0.15) is 0 Å². The fourth-order valence-corrected chi connectivity index (χ4v) is 3.28. The highest BCUT2D eigenvalue weighted by atomic mass is 32.1. The van der Waals surface area contributed by atoms with Gasteiger partial charge in [0, 0.05) is 32.0 Å². The maximum absolute atomic E-state index is 14.2. The molecule has 0 saturated carbocycles. The Bertz CT molecular complexity index is 919. The molecule has 6 heteroatoms. The number of hydrogen-bond donors (Lipinski definition) is 0. The van der Waals surface area contributed by atoms with E-state index in [1.165, 1.54) is 6.07 Å². The van der Waals surface area contributed by atoms with E-state index >= 15 is 0 Å². The molecule has 1 heterocycles. The third kappa shape index (κ3) is 3.64. The lowest BCUT2D eigenvalue weighted by Gasteiger charge is -2.23. The van der Waals surface area contributed by atoms with Gasteiger partial charge in [0.25, 0.3) is 0 Å². The predicted molar refractivity (Wildman–Crippen MR) is 105 cm³/mol. The molecule has 0 aliphatic heterocycles. The number of thiazole rings is 1. The van der Waals surface area contributed by atoms with Crippen LogP contribution in [-0.4, -0.2) is 36.9 Å². The number of fused-ring (bicyclic) bond motifs is 1. The molecule has 3 aromatic rings. The van der Waals surface area contributed by atoms with Crippen molar-refractivity contribution in [2.24, 2.45) is 4.99 Å². The van der Waals surface area contributed by atoms with Crippen LogP contribution in [0, 0.1) is 12.7 Å². The Morgan fingerprint density at radius 3 is 2.80 bits per heavy atom. The lowest BCUT2D eigenvalue weighted by molar-refractivity contribution is 0.552. The van der Waals surface area contributed by atoms with Crippen LogP contribution in [0.5, 0.6) is 0 Å². The average Bonchev–Trinajstić information content (AvgIpc) is 3.08. The number of halogens is 1. The summed E-state index contributed by atoms with van der Waals surface area (Å²) in [6.45, 7) is 4.86. The van der Waals surface area contributed by atoms with Gasteiger partial charge >= 0.3 is 0 Å². The second kappa shape index (κ2) is 7.19. The third-order valence-corrected chi connectivity index (χ3v) is 5.07. The van der Waals surface area contributed by atoms with Crippen LogP contribution in [0.4, 0.5) is 21.5 Å². The van der Waals surface area contributed by atoms with Crippen LogP contribution < -0.4 is 4.90 Å². The van der Waals surface area contributed by atoms with E-state index in [9.17, 15) is 4.39 Å². The molecular weight excluding hydrogens is 335 g/mol.